The third-order valence-electron chi connectivity index (χ3n) is 4.68. The van der Waals surface area contributed by atoms with Gasteiger partial charge in [0, 0.05) is 25.2 Å². The molecule has 3 rings (SSSR count). The summed E-state index contributed by atoms with van der Waals surface area (Å²) in [5, 5.41) is 3.45. The lowest BCUT2D eigenvalue weighted by atomic mass is 10.0. The fourth-order valence-corrected chi connectivity index (χ4v) is 3.50. The van der Waals surface area contributed by atoms with Crippen LogP contribution in [0.5, 0.6) is 0 Å². The predicted octanol–water partition coefficient (Wildman–Crippen LogP) is 1.03. The molecule has 0 spiro atoms. The number of carbonyl (C=O) groups is 1. The minimum Gasteiger partial charge on any atom is -0.322 e. The molecule has 1 aliphatic carbocycles. The third kappa shape index (κ3) is 2.05. The highest BCUT2D eigenvalue weighted by atomic mass is 16.2. The van der Waals surface area contributed by atoms with Gasteiger partial charge in [0.15, 0.2) is 0 Å². The zero-order valence-electron chi connectivity index (χ0n) is 11.7. The Balaban J connectivity index is 1.66. The standard InChI is InChI=1S/C14H25N3O/c1-9(2)13-14(18)17(10(3)15-13)12-6-7-16(8-12)11-4-5-11/h9-13,15H,4-8H2,1-3H3. The van der Waals surface area contributed by atoms with Crippen LogP contribution in [0.15, 0.2) is 0 Å². The first-order valence-electron chi connectivity index (χ1n) is 7.40. The van der Waals surface area contributed by atoms with Crippen LogP contribution in [0.3, 0.4) is 0 Å². The van der Waals surface area contributed by atoms with Crippen molar-refractivity contribution in [2.24, 2.45) is 5.92 Å². The summed E-state index contributed by atoms with van der Waals surface area (Å²) in [6, 6.07) is 1.29. The van der Waals surface area contributed by atoms with E-state index in [0.29, 0.717) is 17.9 Å². The SMILES string of the molecule is CC(C)C1NC(C)N(C2CCN(C3CC3)C2)C1=O. The van der Waals surface area contributed by atoms with Crippen LogP contribution in [-0.2, 0) is 4.79 Å². The Morgan fingerprint density at radius 3 is 2.50 bits per heavy atom. The van der Waals surface area contributed by atoms with Gasteiger partial charge in [-0.25, -0.2) is 0 Å². The summed E-state index contributed by atoms with van der Waals surface area (Å²) in [6.07, 6.45) is 4.08. The van der Waals surface area contributed by atoms with Crippen LogP contribution in [0.4, 0.5) is 0 Å². The number of nitrogens with one attached hydrogen (secondary N) is 1. The van der Waals surface area contributed by atoms with Crippen molar-refractivity contribution in [3.8, 4) is 0 Å². The third-order valence-corrected chi connectivity index (χ3v) is 4.68. The number of hydrogen-bond acceptors (Lipinski definition) is 3. The van der Waals surface area contributed by atoms with Gasteiger partial charge in [0.05, 0.1) is 12.2 Å². The number of hydrogen-bond donors (Lipinski definition) is 1. The van der Waals surface area contributed by atoms with Gasteiger partial charge in [-0.1, -0.05) is 13.8 Å². The fourth-order valence-electron chi connectivity index (χ4n) is 3.50. The minimum atomic E-state index is 0.0231. The van der Waals surface area contributed by atoms with Crippen molar-refractivity contribution in [3.63, 3.8) is 0 Å². The molecule has 0 radical (unpaired) electrons. The molecule has 0 bridgehead atoms. The highest BCUT2D eigenvalue weighted by molar-refractivity contribution is 5.85. The largest absolute Gasteiger partial charge is 0.322 e. The molecule has 3 aliphatic rings. The quantitative estimate of drug-likeness (QED) is 0.813. The normalized spacial score (nSPS) is 38.1. The zero-order valence-corrected chi connectivity index (χ0v) is 11.7. The monoisotopic (exact) mass is 251 g/mol. The molecule has 4 heteroatoms. The van der Waals surface area contributed by atoms with E-state index in [9.17, 15) is 4.79 Å². The van der Waals surface area contributed by atoms with E-state index < -0.39 is 0 Å². The summed E-state index contributed by atoms with van der Waals surface area (Å²) in [4.78, 5) is 17.2. The molecule has 4 nitrogen and oxygen atoms in total. The highest BCUT2D eigenvalue weighted by Crippen LogP contribution is 2.32. The molecule has 2 heterocycles. The van der Waals surface area contributed by atoms with Gasteiger partial charge in [-0.15, -0.1) is 0 Å². The van der Waals surface area contributed by atoms with Crippen LogP contribution in [0.1, 0.15) is 40.0 Å². The van der Waals surface area contributed by atoms with E-state index in [0.717, 1.165) is 19.0 Å². The van der Waals surface area contributed by atoms with E-state index in [1.54, 1.807) is 0 Å². The zero-order chi connectivity index (χ0) is 12.9. The summed E-state index contributed by atoms with van der Waals surface area (Å²) in [6.45, 7) is 8.64. The highest BCUT2D eigenvalue weighted by Gasteiger charge is 2.45. The van der Waals surface area contributed by atoms with Crippen LogP contribution < -0.4 is 5.32 Å². The first-order valence-corrected chi connectivity index (χ1v) is 7.40. The van der Waals surface area contributed by atoms with Gasteiger partial charge in [0.25, 0.3) is 0 Å². The van der Waals surface area contributed by atoms with E-state index in [4.69, 9.17) is 0 Å². The number of nitrogens with zero attached hydrogens (tertiary/aromatic N) is 2. The van der Waals surface area contributed by atoms with Gasteiger partial charge in [-0.3, -0.25) is 15.0 Å². The number of rotatable bonds is 3. The van der Waals surface area contributed by atoms with Gasteiger partial charge >= 0.3 is 0 Å². The average molecular weight is 251 g/mol. The average Bonchev–Trinajstić information content (AvgIpc) is 2.98. The van der Waals surface area contributed by atoms with E-state index in [1.165, 1.54) is 19.4 Å². The van der Waals surface area contributed by atoms with Gasteiger partial charge in [-0.2, -0.15) is 0 Å². The topological polar surface area (TPSA) is 35.6 Å². The van der Waals surface area contributed by atoms with Crippen molar-refractivity contribution >= 4 is 5.91 Å². The van der Waals surface area contributed by atoms with Crippen LogP contribution in [0.25, 0.3) is 0 Å². The molecule has 0 aromatic carbocycles. The Morgan fingerprint density at radius 2 is 1.94 bits per heavy atom. The lowest BCUT2D eigenvalue weighted by Crippen LogP contribution is -2.44. The molecular weight excluding hydrogens is 226 g/mol. The van der Waals surface area contributed by atoms with E-state index in [-0.39, 0.29) is 12.2 Å². The number of amides is 1. The maximum absolute atomic E-state index is 12.5. The first kappa shape index (κ1) is 12.4. The second-order valence-electron chi connectivity index (χ2n) is 6.48. The van der Waals surface area contributed by atoms with E-state index in [2.05, 4.69) is 35.9 Å². The second-order valence-corrected chi connectivity index (χ2v) is 6.48. The van der Waals surface area contributed by atoms with Crippen LogP contribution in [0.2, 0.25) is 0 Å². The number of carbonyl (C=O) groups excluding carboxylic acids is 1. The molecule has 18 heavy (non-hydrogen) atoms. The van der Waals surface area contributed by atoms with Gasteiger partial charge < -0.3 is 4.90 Å². The molecule has 3 unspecified atom stereocenters. The Bertz CT molecular complexity index is 340. The molecule has 2 saturated heterocycles. The van der Waals surface area contributed by atoms with Crippen LogP contribution >= 0.6 is 0 Å². The summed E-state index contributed by atoms with van der Waals surface area (Å²) in [5.41, 5.74) is 0. The second kappa shape index (κ2) is 4.49. The molecule has 0 aromatic rings. The van der Waals surface area contributed by atoms with Gasteiger partial charge in [-0.05, 0) is 32.1 Å². The van der Waals surface area contributed by atoms with Crippen molar-refractivity contribution in [1.82, 2.24) is 15.1 Å². The Morgan fingerprint density at radius 1 is 1.22 bits per heavy atom. The molecule has 3 atom stereocenters. The Kier molecular flexibility index (Phi) is 3.10. The molecule has 1 saturated carbocycles. The lowest BCUT2D eigenvalue weighted by Gasteiger charge is -2.28. The molecule has 1 amide bonds. The lowest BCUT2D eigenvalue weighted by molar-refractivity contribution is -0.132. The summed E-state index contributed by atoms with van der Waals surface area (Å²) in [7, 11) is 0. The van der Waals surface area contributed by atoms with Crippen molar-refractivity contribution in [2.45, 2.75) is 64.3 Å². The van der Waals surface area contributed by atoms with Crippen molar-refractivity contribution < 1.29 is 4.79 Å². The Hall–Kier alpha value is -0.610. The fraction of sp³-hybridized carbons (Fsp3) is 0.929. The van der Waals surface area contributed by atoms with Crippen molar-refractivity contribution in [2.75, 3.05) is 13.1 Å². The van der Waals surface area contributed by atoms with E-state index >= 15 is 0 Å². The molecule has 3 fully saturated rings. The summed E-state index contributed by atoms with van der Waals surface area (Å²) >= 11 is 0. The molecule has 102 valence electrons. The molecular formula is C14H25N3O. The molecule has 0 aromatic heterocycles. The first-order chi connectivity index (χ1) is 8.58. The van der Waals surface area contributed by atoms with E-state index in [1.807, 2.05) is 0 Å². The van der Waals surface area contributed by atoms with Gasteiger partial charge in [0.1, 0.15) is 0 Å². The Labute approximate surface area is 110 Å². The molecule has 1 N–H and O–H groups in total. The van der Waals surface area contributed by atoms with Crippen molar-refractivity contribution in [3.05, 3.63) is 0 Å². The van der Waals surface area contributed by atoms with Crippen LogP contribution in [0, 0.1) is 5.92 Å². The van der Waals surface area contributed by atoms with Gasteiger partial charge in [0.2, 0.25) is 5.91 Å². The van der Waals surface area contributed by atoms with Crippen LogP contribution in [-0.4, -0.2) is 53.1 Å². The number of likely N-dealkylation sites (tertiary alicyclic amines) is 1. The smallest absolute Gasteiger partial charge is 0.241 e. The molecule has 2 aliphatic heterocycles. The maximum Gasteiger partial charge on any atom is 0.241 e. The maximum atomic E-state index is 12.5. The predicted molar refractivity (Wildman–Crippen MR) is 71.1 cm³/mol. The minimum absolute atomic E-state index is 0.0231. The summed E-state index contributed by atoms with van der Waals surface area (Å²) in [5.74, 6) is 0.700. The summed E-state index contributed by atoms with van der Waals surface area (Å²) < 4.78 is 0. The van der Waals surface area contributed by atoms with Crippen molar-refractivity contribution in [1.29, 1.82) is 0 Å².